The molecule has 0 saturated carbocycles. The molecule has 7 heteroatoms. The summed E-state index contributed by atoms with van der Waals surface area (Å²) in [6.45, 7) is 4.33. The molecular formula is C10H25NO5S. The Morgan fingerprint density at radius 1 is 1.06 bits per heavy atom. The molecule has 106 valence electrons. The highest BCUT2D eigenvalue weighted by atomic mass is 32.3. The third-order valence-corrected chi connectivity index (χ3v) is 2.34. The highest BCUT2D eigenvalue weighted by Crippen LogP contribution is 2.17. The van der Waals surface area contributed by atoms with Crippen molar-refractivity contribution >= 4 is 10.4 Å². The average molecular weight is 271 g/mol. The van der Waals surface area contributed by atoms with Crippen LogP contribution in [0.25, 0.3) is 0 Å². The molecule has 0 aliphatic rings. The largest absolute Gasteiger partial charge is 0.394 e. The zero-order chi connectivity index (χ0) is 13.9. The summed E-state index contributed by atoms with van der Waals surface area (Å²) in [6, 6.07) is 0. The SMILES string of the molecule is CCCCC(CCCC)C(N)O.O=S(=O)(O)O. The molecule has 0 aliphatic carbocycles. The van der Waals surface area contributed by atoms with Crippen LogP contribution in [0.1, 0.15) is 52.4 Å². The Kier molecular flexibility index (Phi) is 12.3. The van der Waals surface area contributed by atoms with Crippen LogP contribution in [0.2, 0.25) is 0 Å². The Bertz CT molecular complexity index is 237. The van der Waals surface area contributed by atoms with Gasteiger partial charge in [-0.2, -0.15) is 8.42 Å². The number of aliphatic hydroxyl groups is 1. The van der Waals surface area contributed by atoms with Gasteiger partial charge in [0.1, 0.15) is 6.23 Å². The van der Waals surface area contributed by atoms with Gasteiger partial charge in [-0.1, -0.05) is 39.5 Å². The van der Waals surface area contributed by atoms with Crippen molar-refractivity contribution < 1.29 is 22.6 Å². The van der Waals surface area contributed by atoms with E-state index in [2.05, 4.69) is 13.8 Å². The molecule has 0 rings (SSSR count). The first-order chi connectivity index (χ1) is 7.72. The van der Waals surface area contributed by atoms with Crippen LogP contribution in [-0.4, -0.2) is 28.9 Å². The lowest BCUT2D eigenvalue weighted by Crippen LogP contribution is -2.29. The quantitative estimate of drug-likeness (QED) is 0.412. The zero-order valence-corrected chi connectivity index (χ0v) is 11.4. The molecule has 0 radical (unpaired) electrons. The number of hydrogen-bond donors (Lipinski definition) is 4. The minimum atomic E-state index is -4.67. The van der Waals surface area contributed by atoms with Crippen molar-refractivity contribution in [3.8, 4) is 0 Å². The highest BCUT2D eigenvalue weighted by Gasteiger charge is 2.13. The van der Waals surface area contributed by atoms with E-state index in [0.717, 1.165) is 12.8 Å². The summed E-state index contributed by atoms with van der Waals surface area (Å²) in [5, 5.41) is 9.24. The molecule has 0 saturated heterocycles. The van der Waals surface area contributed by atoms with Gasteiger partial charge < -0.3 is 10.8 Å². The second kappa shape index (κ2) is 10.9. The molecule has 0 aromatic rings. The predicted octanol–water partition coefficient (Wildman–Crippen LogP) is 1.61. The van der Waals surface area contributed by atoms with Gasteiger partial charge in [0, 0.05) is 0 Å². The first-order valence-corrected chi connectivity index (χ1v) is 7.25. The molecule has 17 heavy (non-hydrogen) atoms. The summed E-state index contributed by atoms with van der Waals surface area (Å²) in [5.41, 5.74) is 5.47. The molecule has 0 heterocycles. The highest BCUT2D eigenvalue weighted by molar-refractivity contribution is 7.79. The van der Waals surface area contributed by atoms with Crippen molar-refractivity contribution in [3.63, 3.8) is 0 Å². The number of nitrogens with two attached hydrogens (primary N) is 1. The number of hydrogen-bond acceptors (Lipinski definition) is 4. The number of unbranched alkanes of at least 4 members (excludes halogenated alkanes) is 2. The molecule has 0 aliphatic heterocycles. The molecule has 1 unspecified atom stereocenters. The zero-order valence-electron chi connectivity index (χ0n) is 10.5. The maximum absolute atomic E-state index is 9.24. The van der Waals surface area contributed by atoms with Gasteiger partial charge in [0.2, 0.25) is 0 Å². The summed E-state index contributed by atoms with van der Waals surface area (Å²) in [4.78, 5) is 0. The van der Waals surface area contributed by atoms with E-state index in [-0.39, 0.29) is 0 Å². The third kappa shape index (κ3) is 21.6. The van der Waals surface area contributed by atoms with E-state index < -0.39 is 16.6 Å². The van der Waals surface area contributed by atoms with E-state index in [1.165, 1.54) is 25.7 Å². The van der Waals surface area contributed by atoms with Gasteiger partial charge >= 0.3 is 10.4 Å². The van der Waals surface area contributed by atoms with Crippen molar-refractivity contribution in [3.05, 3.63) is 0 Å². The van der Waals surface area contributed by atoms with Gasteiger partial charge in [-0.15, -0.1) is 0 Å². The van der Waals surface area contributed by atoms with Gasteiger partial charge in [0.25, 0.3) is 0 Å². The first kappa shape index (κ1) is 19.1. The Labute approximate surface area is 104 Å². The predicted molar refractivity (Wildman–Crippen MR) is 66.9 cm³/mol. The van der Waals surface area contributed by atoms with Gasteiger partial charge in [-0.3, -0.25) is 9.11 Å². The lowest BCUT2D eigenvalue weighted by Gasteiger charge is -2.18. The van der Waals surface area contributed by atoms with E-state index in [4.69, 9.17) is 23.3 Å². The van der Waals surface area contributed by atoms with Gasteiger partial charge in [-0.25, -0.2) is 0 Å². The fraction of sp³-hybridized carbons (Fsp3) is 1.00. The van der Waals surface area contributed by atoms with Crippen LogP contribution in [0.15, 0.2) is 0 Å². The monoisotopic (exact) mass is 271 g/mol. The summed E-state index contributed by atoms with van der Waals surface area (Å²) in [6.07, 6.45) is 6.29. The molecule has 0 amide bonds. The van der Waals surface area contributed by atoms with Crippen molar-refractivity contribution in [1.82, 2.24) is 0 Å². The molecule has 0 aromatic heterocycles. The second-order valence-electron chi connectivity index (χ2n) is 3.98. The Hall–Kier alpha value is -0.210. The van der Waals surface area contributed by atoms with E-state index in [9.17, 15) is 5.11 Å². The van der Waals surface area contributed by atoms with Crippen LogP contribution in [0.5, 0.6) is 0 Å². The summed E-state index contributed by atoms with van der Waals surface area (Å²) < 4.78 is 31.6. The van der Waals surface area contributed by atoms with Gasteiger partial charge in [-0.05, 0) is 18.8 Å². The Balaban J connectivity index is 0. The fourth-order valence-corrected chi connectivity index (χ4v) is 1.42. The van der Waals surface area contributed by atoms with Gasteiger partial charge in [0.05, 0.1) is 0 Å². The summed E-state index contributed by atoms with van der Waals surface area (Å²) in [7, 11) is -4.67. The number of aliphatic hydroxyl groups excluding tert-OH is 1. The lowest BCUT2D eigenvalue weighted by molar-refractivity contribution is 0.100. The molecule has 0 bridgehead atoms. The van der Waals surface area contributed by atoms with E-state index in [0.29, 0.717) is 5.92 Å². The molecule has 0 spiro atoms. The summed E-state index contributed by atoms with van der Waals surface area (Å²) in [5.74, 6) is 0.324. The molecule has 5 N–H and O–H groups in total. The number of rotatable bonds is 7. The standard InChI is InChI=1S/C10H23NO.H2O4S/c1-3-5-7-9(10(11)12)8-6-4-2;1-5(2,3)4/h9-10,12H,3-8,11H2,1-2H3;(H2,1,2,3,4). The molecular weight excluding hydrogens is 246 g/mol. The summed E-state index contributed by atoms with van der Waals surface area (Å²) >= 11 is 0. The fourth-order valence-electron chi connectivity index (χ4n) is 1.42. The van der Waals surface area contributed by atoms with Crippen molar-refractivity contribution in [2.75, 3.05) is 0 Å². The Morgan fingerprint density at radius 3 is 1.53 bits per heavy atom. The molecule has 0 fully saturated rings. The average Bonchev–Trinajstić information content (AvgIpc) is 2.15. The van der Waals surface area contributed by atoms with Crippen molar-refractivity contribution in [2.45, 2.75) is 58.6 Å². The second-order valence-corrected chi connectivity index (χ2v) is 4.88. The lowest BCUT2D eigenvalue weighted by atomic mass is 9.95. The van der Waals surface area contributed by atoms with Crippen LogP contribution in [0.4, 0.5) is 0 Å². The maximum atomic E-state index is 9.24. The maximum Gasteiger partial charge on any atom is 0.394 e. The van der Waals surface area contributed by atoms with Crippen molar-refractivity contribution in [1.29, 1.82) is 0 Å². The van der Waals surface area contributed by atoms with Crippen LogP contribution < -0.4 is 5.73 Å². The van der Waals surface area contributed by atoms with Crippen LogP contribution >= 0.6 is 0 Å². The van der Waals surface area contributed by atoms with Crippen LogP contribution in [0, 0.1) is 5.92 Å². The molecule has 6 nitrogen and oxygen atoms in total. The topological polar surface area (TPSA) is 121 Å². The first-order valence-electron chi connectivity index (χ1n) is 5.85. The third-order valence-electron chi connectivity index (χ3n) is 2.34. The Morgan fingerprint density at radius 2 is 1.35 bits per heavy atom. The van der Waals surface area contributed by atoms with Crippen LogP contribution in [-0.2, 0) is 10.4 Å². The van der Waals surface area contributed by atoms with E-state index in [1.807, 2.05) is 0 Å². The van der Waals surface area contributed by atoms with Crippen LogP contribution in [0.3, 0.4) is 0 Å². The molecule has 0 aromatic carbocycles. The smallest absolute Gasteiger partial charge is 0.379 e. The van der Waals surface area contributed by atoms with Crippen molar-refractivity contribution in [2.24, 2.45) is 11.7 Å². The normalized spacial score (nSPS) is 13.1. The minimum Gasteiger partial charge on any atom is -0.379 e. The molecule has 1 atom stereocenters. The van der Waals surface area contributed by atoms with E-state index in [1.54, 1.807) is 0 Å². The minimum absolute atomic E-state index is 0.324. The van der Waals surface area contributed by atoms with E-state index >= 15 is 0 Å². The van der Waals surface area contributed by atoms with Gasteiger partial charge in [0.15, 0.2) is 0 Å².